The second-order valence-electron chi connectivity index (χ2n) is 7.93. The molecule has 2 aliphatic carbocycles. The lowest BCUT2D eigenvalue weighted by atomic mass is 10.1. The highest BCUT2D eigenvalue weighted by Gasteiger charge is 2.39. The van der Waals surface area contributed by atoms with Gasteiger partial charge in [-0.05, 0) is 49.9 Å². The van der Waals surface area contributed by atoms with Crippen molar-refractivity contribution in [3.05, 3.63) is 47.4 Å². The SMILES string of the molecule is CS(=O)(=O)Cn1nc(C2CC2)c(Oc2ccc(C#N)c3ncccc23)c1C1CC1. The second kappa shape index (κ2) is 6.56. The largest absolute Gasteiger partial charge is 0.453 e. The Kier molecular flexibility index (Phi) is 4.10. The van der Waals surface area contributed by atoms with Crippen molar-refractivity contribution in [3.63, 3.8) is 0 Å². The molecule has 2 aliphatic rings. The topological polar surface area (TPSA) is 97.9 Å². The molecule has 29 heavy (non-hydrogen) atoms. The van der Waals surface area contributed by atoms with Crippen LogP contribution in [0.3, 0.4) is 0 Å². The fourth-order valence-corrected chi connectivity index (χ4v) is 4.36. The Morgan fingerprint density at radius 2 is 1.97 bits per heavy atom. The maximum atomic E-state index is 12.0. The summed E-state index contributed by atoms with van der Waals surface area (Å²) in [7, 11) is -3.23. The average Bonchev–Trinajstić information content (AvgIpc) is 3.60. The number of nitrogens with zero attached hydrogens (tertiary/aromatic N) is 4. The minimum absolute atomic E-state index is 0.141. The first-order chi connectivity index (χ1) is 13.9. The normalized spacial score (nSPS) is 16.7. The number of hydrogen-bond acceptors (Lipinski definition) is 6. The number of sulfone groups is 1. The lowest BCUT2D eigenvalue weighted by Gasteiger charge is -2.12. The van der Waals surface area contributed by atoms with E-state index in [0.29, 0.717) is 28.5 Å². The first-order valence-corrected chi connectivity index (χ1v) is 11.7. The zero-order valence-corrected chi connectivity index (χ0v) is 16.8. The summed E-state index contributed by atoms with van der Waals surface area (Å²) < 4.78 is 32.0. The third-order valence-corrected chi connectivity index (χ3v) is 6.03. The average molecular weight is 408 g/mol. The van der Waals surface area contributed by atoms with E-state index in [1.165, 1.54) is 6.26 Å². The standard InChI is InChI=1S/C21H20N4O3S/c1-29(26,27)12-25-20(14-6-7-14)21(19(24-25)13-4-5-13)28-17-9-8-15(11-22)18-16(17)3-2-10-23-18/h2-3,8-10,13-14H,4-7,12H2,1H3. The van der Waals surface area contributed by atoms with Crippen LogP contribution < -0.4 is 4.74 Å². The van der Waals surface area contributed by atoms with Gasteiger partial charge in [0.05, 0.1) is 16.8 Å². The molecule has 0 N–H and O–H groups in total. The smallest absolute Gasteiger partial charge is 0.172 e. The van der Waals surface area contributed by atoms with Crippen LogP contribution in [0.4, 0.5) is 0 Å². The molecule has 0 atom stereocenters. The van der Waals surface area contributed by atoms with E-state index < -0.39 is 9.84 Å². The van der Waals surface area contributed by atoms with E-state index in [1.54, 1.807) is 23.0 Å². The summed E-state index contributed by atoms with van der Waals surface area (Å²) in [6.45, 7) is 0. The van der Waals surface area contributed by atoms with Gasteiger partial charge in [0.2, 0.25) is 0 Å². The van der Waals surface area contributed by atoms with E-state index in [4.69, 9.17) is 4.74 Å². The van der Waals surface area contributed by atoms with E-state index in [1.807, 2.05) is 12.1 Å². The van der Waals surface area contributed by atoms with Crippen molar-refractivity contribution >= 4 is 20.7 Å². The molecule has 0 spiro atoms. The molecular weight excluding hydrogens is 388 g/mol. The summed E-state index contributed by atoms with van der Waals surface area (Å²) in [4.78, 5) is 4.35. The van der Waals surface area contributed by atoms with E-state index >= 15 is 0 Å². The van der Waals surface area contributed by atoms with Crippen LogP contribution in [-0.4, -0.2) is 29.4 Å². The Morgan fingerprint density at radius 1 is 1.21 bits per heavy atom. The minimum Gasteiger partial charge on any atom is -0.453 e. The number of rotatable bonds is 6. The predicted octanol–water partition coefficient (Wildman–Crippen LogP) is 3.85. The first-order valence-electron chi connectivity index (χ1n) is 9.68. The van der Waals surface area contributed by atoms with Gasteiger partial charge in [0.1, 0.15) is 23.4 Å². The molecule has 0 radical (unpaired) electrons. The van der Waals surface area contributed by atoms with Crippen LogP contribution in [-0.2, 0) is 15.7 Å². The molecule has 2 fully saturated rings. The van der Waals surface area contributed by atoms with Crippen molar-refractivity contribution < 1.29 is 13.2 Å². The molecule has 3 aromatic rings. The summed E-state index contributed by atoms with van der Waals surface area (Å²) in [5, 5.41) is 14.8. The quantitative estimate of drug-likeness (QED) is 0.614. The molecule has 1 aromatic carbocycles. The van der Waals surface area contributed by atoms with Crippen molar-refractivity contribution in [2.45, 2.75) is 43.4 Å². The van der Waals surface area contributed by atoms with Crippen LogP contribution in [0.1, 0.15) is 54.5 Å². The van der Waals surface area contributed by atoms with Crippen LogP contribution >= 0.6 is 0 Å². The number of pyridine rings is 1. The molecule has 7 nitrogen and oxygen atoms in total. The Morgan fingerprint density at radius 3 is 2.62 bits per heavy atom. The Bertz CT molecular complexity index is 1270. The van der Waals surface area contributed by atoms with Crippen LogP contribution in [0.2, 0.25) is 0 Å². The summed E-state index contributed by atoms with van der Waals surface area (Å²) in [6, 6.07) is 9.35. The third-order valence-electron chi connectivity index (χ3n) is 5.32. The summed E-state index contributed by atoms with van der Waals surface area (Å²) in [5.41, 5.74) is 2.80. The van der Waals surface area contributed by atoms with Gasteiger partial charge in [-0.1, -0.05) is 0 Å². The molecule has 8 heteroatoms. The highest BCUT2D eigenvalue weighted by molar-refractivity contribution is 7.89. The van der Waals surface area contributed by atoms with E-state index in [2.05, 4.69) is 16.2 Å². The molecule has 0 saturated heterocycles. The fourth-order valence-electron chi connectivity index (χ4n) is 3.72. The van der Waals surface area contributed by atoms with Gasteiger partial charge < -0.3 is 4.74 Å². The lowest BCUT2D eigenvalue weighted by Crippen LogP contribution is -2.13. The van der Waals surface area contributed by atoms with Gasteiger partial charge in [0.25, 0.3) is 0 Å². The maximum Gasteiger partial charge on any atom is 0.172 e. The molecule has 5 rings (SSSR count). The van der Waals surface area contributed by atoms with Crippen molar-refractivity contribution in [1.82, 2.24) is 14.8 Å². The summed E-state index contributed by atoms with van der Waals surface area (Å²) in [5.74, 6) is 1.74. The molecule has 2 saturated carbocycles. The number of aromatic nitrogens is 3. The molecule has 148 valence electrons. The van der Waals surface area contributed by atoms with Gasteiger partial charge in [-0.2, -0.15) is 10.4 Å². The van der Waals surface area contributed by atoms with Crippen LogP contribution in [0.15, 0.2) is 30.5 Å². The van der Waals surface area contributed by atoms with Crippen molar-refractivity contribution in [1.29, 1.82) is 5.26 Å². The minimum atomic E-state index is -3.23. The summed E-state index contributed by atoms with van der Waals surface area (Å²) in [6.07, 6.45) is 6.96. The number of benzene rings is 1. The molecule has 2 heterocycles. The Balaban J connectivity index is 1.65. The third kappa shape index (κ3) is 3.47. The summed E-state index contributed by atoms with van der Waals surface area (Å²) >= 11 is 0. The molecule has 0 aliphatic heterocycles. The van der Waals surface area contributed by atoms with Crippen molar-refractivity contribution in [3.8, 4) is 17.6 Å². The number of ether oxygens (including phenoxy) is 1. The second-order valence-corrected chi connectivity index (χ2v) is 10.0. The molecule has 0 amide bonds. The lowest BCUT2D eigenvalue weighted by molar-refractivity contribution is 0.473. The highest BCUT2D eigenvalue weighted by Crippen LogP contribution is 2.52. The number of nitriles is 1. The van der Waals surface area contributed by atoms with Gasteiger partial charge in [-0.15, -0.1) is 0 Å². The Hall–Kier alpha value is -2.92. The van der Waals surface area contributed by atoms with Crippen LogP contribution in [0.5, 0.6) is 11.5 Å². The zero-order valence-electron chi connectivity index (χ0n) is 16.0. The van der Waals surface area contributed by atoms with Crippen molar-refractivity contribution in [2.24, 2.45) is 0 Å². The first kappa shape index (κ1) is 18.1. The van der Waals surface area contributed by atoms with Crippen molar-refractivity contribution in [2.75, 3.05) is 6.26 Å². The van der Waals surface area contributed by atoms with E-state index in [-0.39, 0.29) is 11.8 Å². The molecule has 0 unspecified atom stereocenters. The Labute approximate surface area is 168 Å². The highest BCUT2D eigenvalue weighted by atomic mass is 32.2. The fraction of sp³-hybridized carbons (Fsp3) is 0.381. The zero-order chi connectivity index (χ0) is 20.2. The van der Waals surface area contributed by atoms with E-state index in [9.17, 15) is 13.7 Å². The van der Waals surface area contributed by atoms with Gasteiger partial charge in [-0.25, -0.2) is 13.1 Å². The van der Waals surface area contributed by atoms with Gasteiger partial charge in [-0.3, -0.25) is 4.98 Å². The van der Waals surface area contributed by atoms with E-state index in [0.717, 1.165) is 42.5 Å². The predicted molar refractivity (Wildman–Crippen MR) is 108 cm³/mol. The van der Waals surface area contributed by atoms with Crippen LogP contribution in [0.25, 0.3) is 10.9 Å². The van der Waals surface area contributed by atoms with Crippen LogP contribution in [0, 0.1) is 11.3 Å². The number of hydrogen-bond donors (Lipinski definition) is 0. The number of fused-ring (bicyclic) bond motifs is 1. The molecule has 0 bridgehead atoms. The monoisotopic (exact) mass is 408 g/mol. The van der Waals surface area contributed by atoms with Gasteiger partial charge >= 0.3 is 0 Å². The van der Waals surface area contributed by atoms with Gasteiger partial charge in [0.15, 0.2) is 15.6 Å². The van der Waals surface area contributed by atoms with Gasteiger partial charge in [0, 0.05) is 29.7 Å². The maximum absolute atomic E-state index is 12.0. The molecular formula is C21H20N4O3S. The molecule has 2 aromatic heterocycles.